The summed E-state index contributed by atoms with van der Waals surface area (Å²) < 4.78 is 5.14. The van der Waals surface area contributed by atoms with Gasteiger partial charge in [0.15, 0.2) is 0 Å². The Labute approximate surface area is 104 Å². The van der Waals surface area contributed by atoms with Gasteiger partial charge in [0.2, 0.25) is 0 Å². The smallest absolute Gasteiger partial charge is 0.302 e. The molecular formula is C15H24O2. The first-order chi connectivity index (χ1) is 8.16. The van der Waals surface area contributed by atoms with Crippen molar-refractivity contribution in [2.45, 2.75) is 52.4 Å². The van der Waals surface area contributed by atoms with Gasteiger partial charge in [0.05, 0.1) is 6.61 Å². The van der Waals surface area contributed by atoms with Gasteiger partial charge in [-0.05, 0) is 56.3 Å². The summed E-state index contributed by atoms with van der Waals surface area (Å²) in [6.07, 6.45) is 10.4. The molecule has 2 rings (SSSR count). The number of allylic oxidation sites excluding steroid dienone is 2. The van der Waals surface area contributed by atoms with Crippen LogP contribution in [0.3, 0.4) is 0 Å². The Balaban J connectivity index is 1.85. The van der Waals surface area contributed by atoms with Gasteiger partial charge in [0, 0.05) is 6.92 Å². The zero-order valence-electron chi connectivity index (χ0n) is 11.1. The van der Waals surface area contributed by atoms with Crippen molar-refractivity contribution in [1.29, 1.82) is 0 Å². The highest BCUT2D eigenvalue weighted by Gasteiger charge is 2.30. The van der Waals surface area contributed by atoms with E-state index in [2.05, 4.69) is 13.0 Å². The SMILES string of the molecule is CC(=O)OCC(C)C1CCC2=CCCCC2C1. The highest BCUT2D eigenvalue weighted by Crippen LogP contribution is 2.41. The van der Waals surface area contributed by atoms with E-state index in [-0.39, 0.29) is 5.97 Å². The van der Waals surface area contributed by atoms with Gasteiger partial charge in [-0.15, -0.1) is 0 Å². The fourth-order valence-corrected chi connectivity index (χ4v) is 3.32. The molecule has 0 aromatic carbocycles. The Morgan fingerprint density at radius 1 is 1.53 bits per heavy atom. The first-order valence-corrected chi connectivity index (χ1v) is 6.99. The van der Waals surface area contributed by atoms with Crippen molar-refractivity contribution in [3.05, 3.63) is 11.6 Å². The van der Waals surface area contributed by atoms with Crippen molar-refractivity contribution in [2.75, 3.05) is 6.61 Å². The molecule has 1 fully saturated rings. The van der Waals surface area contributed by atoms with Gasteiger partial charge in [0.1, 0.15) is 0 Å². The van der Waals surface area contributed by atoms with Crippen LogP contribution in [0.4, 0.5) is 0 Å². The predicted octanol–water partition coefficient (Wildman–Crippen LogP) is 3.71. The maximum Gasteiger partial charge on any atom is 0.302 e. The number of fused-ring (bicyclic) bond motifs is 1. The molecule has 2 aliphatic rings. The molecule has 2 nitrogen and oxygen atoms in total. The third-order valence-corrected chi connectivity index (χ3v) is 4.43. The predicted molar refractivity (Wildman–Crippen MR) is 68.6 cm³/mol. The highest BCUT2D eigenvalue weighted by atomic mass is 16.5. The Morgan fingerprint density at radius 3 is 3.12 bits per heavy atom. The number of ether oxygens (including phenoxy) is 1. The molecule has 0 radical (unpaired) electrons. The molecule has 0 N–H and O–H groups in total. The molecule has 0 aliphatic heterocycles. The largest absolute Gasteiger partial charge is 0.466 e. The minimum atomic E-state index is -0.147. The highest BCUT2D eigenvalue weighted by molar-refractivity contribution is 5.65. The van der Waals surface area contributed by atoms with Crippen LogP contribution in [0.5, 0.6) is 0 Å². The normalized spacial score (nSPS) is 30.1. The van der Waals surface area contributed by atoms with Crippen LogP contribution >= 0.6 is 0 Å². The molecule has 2 aliphatic carbocycles. The summed E-state index contributed by atoms with van der Waals surface area (Å²) in [6.45, 7) is 4.33. The van der Waals surface area contributed by atoms with Crippen LogP contribution in [0, 0.1) is 17.8 Å². The van der Waals surface area contributed by atoms with Gasteiger partial charge in [-0.2, -0.15) is 0 Å². The molecule has 0 saturated heterocycles. The standard InChI is InChI=1S/C15H24O2/c1-11(10-17-12(2)16)14-8-7-13-5-3-4-6-15(13)9-14/h5,11,14-15H,3-4,6-10H2,1-2H3. The minimum Gasteiger partial charge on any atom is -0.466 e. The van der Waals surface area contributed by atoms with Crippen molar-refractivity contribution < 1.29 is 9.53 Å². The van der Waals surface area contributed by atoms with Crippen LogP contribution in [-0.4, -0.2) is 12.6 Å². The van der Waals surface area contributed by atoms with E-state index in [0.29, 0.717) is 12.5 Å². The molecule has 0 aromatic rings. The molecule has 0 bridgehead atoms. The maximum atomic E-state index is 10.8. The maximum absolute atomic E-state index is 10.8. The third kappa shape index (κ3) is 3.34. The first-order valence-electron chi connectivity index (χ1n) is 6.99. The Bertz CT molecular complexity index is 306. The van der Waals surface area contributed by atoms with Crippen LogP contribution in [0.2, 0.25) is 0 Å². The third-order valence-electron chi connectivity index (χ3n) is 4.43. The van der Waals surface area contributed by atoms with E-state index in [1.54, 1.807) is 5.57 Å². The summed E-state index contributed by atoms with van der Waals surface area (Å²) in [5.74, 6) is 1.95. The number of hydrogen-bond donors (Lipinski definition) is 0. The lowest BCUT2D eigenvalue weighted by Crippen LogP contribution is -2.27. The van der Waals surface area contributed by atoms with E-state index in [1.165, 1.54) is 45.4 Å². The average Bonchev–Trinajstić information content (AvgIpc) is 2.35. The second-order valence-corrected chi connectivity index (χ2v) is 5.72. The first kappa shape index (κ1) is 12.7. The molecule has 0 heterocycles. The molecular weight excluding hydrogens is 212 g/mol. The quantitative estimate of drug-likeness (QED) is 0.551. The summed E-state index contributed by atoms with van der Waals surface area (Å²) in [7, 11) is 0. The van der Waals surface area contributed by atoms with Crippen molar-refractivity contribution in [1.82, 2.24) is 0 Å². The van der Waals surface area contributed by atoms with Gasteiger partial charge in [-0.25, -0.2) is 0 Å². The lowest BCUT2D eigenvalue weighted by atomic mass is 9.70. The van der Waals surface area contributed by atoms with Gasteiger partial charge >= 0.3 is 5.97 Å². The lowest BCUT2D eigenvalue weighted by molar-refractivity contribution is -0.142. The molecule has 1 saturated carbocycles. The second kappa shape index (κ2) is 5.70. The zero-order valence-corrected chi connectivity index (χ0v) is 11.1. The minimum absolute atomic E-state index is 0.147. The summed E-state index contributed by atoms with van der Waals surface area (Å²) >= 11 is 0. The number of esters is 1. The van der Waals surface area contributed by atoms with Crippen LogP contribution < -0.4 is 0 Å². The fourth-order valence-electron chi connectivity index (χ4n) is 3.32. The summed E-state index contributed by atoms with van der Waals surface area (Å²) in [5, 5.41) is 0. The summed E-state index contributed by atoms with van der Waals surface area (Å²) in [6, 6.07) is 0. The second-order valence-electron chi connectivity index (χ2n) is 5.72. The molecule has 3 atom stereocenters. The lowest BCUT2D eigenvalue weighted by Gasteiger charge is -2.36. The topological polar surface area (TPSA) is 26.3 Å². The molecule has 96 valence electrons. The van der Waals surface area contributed by atoms with Crippen molar-refractivity contribution in [2.24, 2.45) is 17.8 Å². The Morgan fingerprint density at radius 2 is 2.35 bits per heavy atom. The zero-order chi connectivity index (χ0) is 12.3. The van der Waals surface area contributed by atoms with Crippen LogP contribution in [-0.2, 0) is 9.53 Å². The van der Waals surface area contributed by atoms with Crippen LogP contribution in [0.15, 0.2) is 11.6 Å². The van der Waals surface area contributed by atoms with Gasteiger partial charge in [-0.1, -0.05) is 18.6 Å². The Hall–Kier alpha value is -0.790. The van der Waals surface area contributed by atoms with Crippen LogP contribution in [0.25, 0.3) is 0 Å². The van der Waals surface area contributed by atoms with Gasteiger partial charge in [0.25, 0.3) is 0 Å². The summed E-state index contributed by atoms with van der Waals surface area (Å²) in [4.78, 5) is 10.8. The fraction of sp³-hybridized carbons (Fsp3) is 0.800. The number of carbonyl (C=O) groups is 1. The Kier molecular flexibility index (Phi) is 4.25. The number of carbonyl (C=O) groups excluding carboxylic acids is 1. The van der Waals surface area contributed by atoms with E-state index in [1.807, 2.05) is 0 Å². The van der Waals surface area contributed by atoms with Crippen molar-refractivity contribution >= 4 is 5.97 Å². The summed E-state index contributed by atoms with van der Waals surface area (Å²) in [5.41, 5.74) is 1.71. The monoisotopic (exact) mass is 236 g/mol. The van der Waals surface area contributed by atoms with E-state index >= 15 is 0 Å². The molecule has 0 amide bonds. The molecule has 3 unspecified atom stereocenters. The molecule has 2 heteroatoms. The van der Waals surface area contributed by atoms with Crippen LogP contribution in [0.1, 0.15) is 52.4 Å². The van der Waals surface area contributed by atoms with E-state index < -0.39 is 0 Å². The molecule has 17 heavy (non-hydrogen) atoms. The molecule has 0 spiro atoms. The molecule has 0 aromatic heterocycles. The number of rotatable bonds is 3. The van der Waals surface area contributed by atoms with Crippen molar-refractivity contribution in [3.8, 4) is 0 Å². The van der Waals surface area contributed by atoms with Gasteiger partial charge < -0.3 is 4.74 Å². The van der Waals surface area contributed by atoms with Crippen molar-refractivity contribution in [3.63, 3.8) is 0 Å². The average molecular weight is 236 g/mol. The van der Waals surface area contributed by atoms with E-state index in [9.17, 15) is 4.79 Å². The van der Waals surface area contributed by atoms with Gasteiger partial charge in [-0.3, -0.25) is 4.79 Å². The van der Waals surface area contributed by atoms with E-state index in [0.717, 1.165) is 11.8 Å². The number of hydrogen-bond acceptors (Lipinski definition) is 2. The van der Waals surface area contributed by atoms with E-state index in [4.69, 9.17) is 4.74 Å².